The van der Waals surface area contributed by atoms with Crippen molar-refractivity contribution in [1.29, 1.82) is 0 Å². The normalized spacial score (nSPS) is 10.8. The highest BCUT2D eigenvalue weighted by molar-refractivity contribution is 14.0. The van der Waals surface area contributed by atoms with Crippen molar-refractivity contribution in [2.24, 2.45) is 16.5 Å². The van der Waals surface area contributed by atoms with Crippen LogP contribution in [0.2, 0.25) is 0 Å². The average molecular weight is 404 g/mol. The molecular weight excluding hydrogens is 379 g/mol. The quantitative estimate of drug-likeness (QED) is 0.269. The Bertz CT molecular complexity index is 463. The van der Waals surface area contributed by atoms with Crippen LogP contribution < -0.4 is 16.8 Å². The van der Waals surface area contributed by atoms with Gasteiger partial charge in [-0.15, -0.1) is 24.0 Å². The van der Waals surface area contributed by atoms with Gasteiger partial charge in [-0.2, -0.15) is 0 Å². The maximum Gasteiger partial charge on any atom is 0.248 e. The van der Waals surface area contributed by atoms with Gasteiger partial charge in [0.05, 0.1) is 6.54 Å². The Kier molecular flexibility index (Phi) is 10.7. The Hall–Kier alpha value is -1.31. The predicted octanol–water partition coefficient (Wildman–Crippen LogP) is 2.39. The van der Waals surface area contributed by atoms with E-state index in [1.807, 2.05) is 6.07 Å². The van der Waals surface area contributed by atoms with Gasteiger partial charge in [0.2, 0.25) is 5.91 Å². The van der Waals surface area contributed by atoms with Gasteiger partial charge >= 0.3 is 0 Å². The summed E-state index contributed by atoms with van der Waals surface area (Å²) in [5.41, 5.74) is 12.4. The largest absolute Gasteiger partial charge is 0.370 e. The minimum atomic E-state index is -0.433. The second kappa shape index (κ2) is 11.4. The molecule has 0 aliphatic heterocycles. The maximum atomic E-state index is 11.1. The highest BCUT2D eigenvalue weighted by Crippen LogP contribution is 2.05. The van der Waals surface area contributed by atoms with Crippen LogP contribution in [-0.2, 0) is 6.54 Å². The SMILES string of the molecule is CCCCCCNC(N)=NCc1cccc(C(N)=O)c1.I. The molecule has 5 N–H and O–H groups in total. The molecule has 0 spiro atoms. The van der Waals surface area contributed by atoms with Gasteiger partial charge in [0.25, 0.3) is 0 Å². The second-order valence-electron chi connectivity index (χ2n) is 4.75. The molecule has 0 saturated carbocycles. The first-order valence-electron chi connectivity index (χ1n) is 7.06. The number of nitrogens with two attached hydrogens (primary N) is 2. The van der Waals surface area contributed by atoms with Gasteiger partial charge in [0.1, 0.15) is 0 Å². The molecule has 0 heterocycles. The number of guanidine groups is 1. The number of amides is 1. The molecular formula is C15H25IN4O. The smallest absolute Gasteiger partial charge is 0.248 e. The number of nitrogens with one attached hydrogen (secondary N) is 1. The molecule has 1 rings (SSSR count). The summed E-state index contributed by atoms with van der Waals surface area (Å²) >= 11 is 0. The van der Waals surface area contributed by atoms with Crippen LogP contribution in [0.25, 0.3) is 0 Å². The van der Waals surface area contributed by atoms with Gasteiger partial charge in [-0.3, -0.25) is 4.79 Å². The zero-order valence-corrected chi connectivity index (χ0v) is 14.8. The fourth-order valence-electron chi connectivity index (χ4n) is 1.82. The highest BCUT2D eigenvalue weighted by Gasteiger charge is 2.00. The van der Waals surface area contributed by atoms with Gasteiger partial charge in [-0.05, 0) is 24.1 Å². The van der Waals surface area contributed by atoms with E-state index in [0.29, 0.717) is 18.1 Å². The first kappa shape index (κ1) is 19.7. The van der Waals surface area contributed by atoms with Gasteiger partial charge in [0, 0.05) is 12.1 Å². The third-order valence-corrected chi connectivity index (χ3v) is 2.98. The van der Waals surface area contributed by atoms with Gasteiger partial charge in [0.15, 0.2) is 5.96 Å². The number of unbranched alkanes of at least 4 members (excludes halogenated alkanes) is 3. The fourth-order valence-corrected chi connectivity index (χ4v) is 1.82. The Labute approximate surface area is 143 Å². The van der Waals surface area contributed by atoms with Crippen LogP contribution in [0.1, 0.15) is 48.5 Å². The van der Waals surface area contributed by atoms with Crippen molar-refractivity contribution in [3.8, 4) is 0 Å². The summed E-state index contributed by atoms with van der Waals surface area (Å²) in [6, 6.07) is 7.11. The molecule has 6 heteroatoms. The fraction of sp³-hybridized carbons (Fsp3) is 0.467. The molecule has 0 aliphatic carbocycles. The lowest BCUT2D eigenvalue weighted by molar-refractivity contribution is 0.1000. The Morgan fingerprint density at radius 2 is 2.00 bits per heavy atom. The van der Waals surface area contributed by atoms with Crippen LogP contribution in [0.5, 0.6) is 0 Å². The van der Waals surface area contributed by atoms with Crippen molar-refractivity contribution in [1.82, 2.24) is 5.32 Å². The Morgan fingerprint density at radius 3 is 2.67 bits per heavy atom. The van der Waals surface area contributed by atoms with E-state index in [1.165, 1.54) is 19.3 Å². The van der Waals surface area contributed by atoms with Crippen molar-refractivity contribution in [3.63, 3.8) is 0 Å². The standard InChI is InChI=1S/C15H24N4O.HI/c1-2-3-4-5-9-18-15(17)19-11-12-7-6-8-13(10-12)14(16)20;/h6-8,10H,2-5,9,11H2,1H3,(H2,16,20)(H3,17,18,19);1H. The van der Waals surface area contributed by atoms with E-state index >= 15 is 0 Å². The summed E-state index contributed by atoms with van der Waals surface area (Å²) in [5.74, 6) is 0.00354. The number of rotatable bonds is 8. The molecule has 1 amide bonds. The number of carbonyl (C=O) groups excluding carboxylic acids is 1. The van der Waals surface area contributed by atoms with Crippen molar-refractivity contribution >= 4 is 35.8 Å². The zero-order valence-electron chi connectivity index (χ0n) is 12.5. The average Bonchev–Trinajstić information content (AvgIpc) is 2.45. The van der Waals surface area contributed by atoms with Crippen molar-refractivity contribution in [2.45, 2.75) is 39.2 Å². The second-order valence-corrected chi connectivity index (χ2v) is 4.75. The molecule has 0 unspecified atom stereocenters. The minimum Gasteiger partial charge on any atom is -0.370 e. The monoisotopic (exact) mass is 404 g/mol. The number of nitrogens with zero attached hydrogens (tertiary/aromatic N) is 1. The van der Waals surface area contributed by atoms with Crippen molar-refractivity contribution in [2.75, 3.05) is 6.54 Å². The van der Waals surface area contributed by atoms with Gasteiger partial charge < -0.3 is 16.8 Å². The third kappa shape index (κ3) is 8.54. The summed E-state index contributed by atoms with van der Waals surface area (Å²) in [5, 5.41) is 3.09. The first-order valence-corrected chi connectivity index (χ1v) is 7.06. The number of benzene rings is 1. The summed E-state index contributed by atoms with van der Waals surface area (Å²) in [7, 11) is 0. The molecule has 0 aliphatic rings. The molecule has 1 aromatic carbocycles. The van der Waals surface area contributed by atoms with Crippen molar-refractivity contribution < 1.29 is 4.79 Å². The molecule has 0 saturated heterocycles. The number of carbonyl (C=O) groups is 1. The van der Waals surface area contributed by atoms with Crippen molar-refractivity contribution in [3.05, 3.63) is 35.4 Å². The van der Waals surface area contributed by atoms with E-state index in [4.69, 9.17) is 11.5 Å². The summed E-state index contributed by atoms with van der Waals surface area (Å²) in [6.45, 7) is 3.47. The van der Waals surface area contributed by atoms with Gasteiger partial charge in [-0.25, -0.2) is 4.99 Å². The molecule has 0 atom stereocenters. The zero-order chi connectivity index (χ0) is 14.8. The summed E-state index contributed by atoms with van der Waals surface area (Å²) in [6.07, 6.45) is 4.77. The molecule has 0 fully saturated rings. The lowest BCUT2D eigenvalue weighted by atomic mass is 10.1. The molecule has 0 aromatic heterocycles. The summed E-state index contributed by atoms with van der Waals surface area (Å²) in [4.78, 5) is 15.3. The number of hydrogen-bond acceptors (Lipinski definition) is 2. The van der Waals surface area contributed by atoms with Crippen LogP contribution in [0.4, 0.5) is 0 Å². The van der Waals surface area contributed by atoms with Crippen LogP contribution in [0.15, 0.2) is 29.3 Å². The first-order chi connectivity index (χ1) is 9.63. The lowest BCUT2D eigenvalue weighted by Gasteiger charge is -2.05. The van der Waals surface area contributed by atoms with E-state index in [9.17, 15) is 4.79 Å². The molecule has 1 aromatic rings. The van der Waals surface area contributed by atoms with E-state index in [1.54, 1.807) is 18.2 Å². The van der Waals surface area contributed by atoms with E-state index in [2.05, 4.69) is 17.2 Å². The molecule has 21 heavy (non-hydrogen) atoms. The number of primary amides is 1. The predicted molar refractivity (Wildman–Crippen MR) is 97.8 cm³/mol. The molecule has 0 bridgehead atoms. The van der Waals surface area contributed by atoms with Crippen LogP contribution in [-0.4, -0.2) is 18.4 Å². The van der Waals surface area contributed by atoms with Crippen LogP contribution >= 0.6 is 24.0 Å². The Morgan fingerprint density at radius 1 is 1.24 bits per heavy atom. The maximum absolute atomic E-state index is 11.1. The van der Waals surface area contributed by atoms with E-state index in [-0.39, 0.29) is 24.0 Å². The number of halogens is 1. The minimum absolute atomic E-state index is 0. The third-order valence-electron chi connectivity index (χ3n) is 2.98. The highest BCUT2D eigenvalue weighted by atomic mass is 127. The molecule has 0 radical (unpaired) electrons. The molecule has 118 valence electrons. The van der Waals surface area contributed by atoms with Gasteiger partial charge in [-0.1, -0.05) is 38.3 Å². The van der Waals surface area contributed by atoms with E-state index in [0.717, 1.165) is 18.5 Å². The molecule has 5 nitrogen and oxygen atoms in total. The number of hydrogen-bond donors (Lipinski definition) is 3. The number of aliphatic imine (C=N–C) groups is 1. The Balaban J connectivity index is 0.00000400. The topological polar surface area (TPSA) is 93.5 Å². The summed E-state index contributed by atoms with van der Waals surface area (Å²) < 4.78 is 0. The van der Waals surface area contributed by atoms with E-state index < -0.39 is 5.91 Å². The van der Waals surface area contributed by atoms with Crippen LogP contribution in [0.3, 0.4) is 0 Å². The lowest BCUT2D eigenvalue weighted by Crippen LogP contribution is -2.32. The van der Waals surface area contributed by atoms with Crippen LogP contribution in [0, 0.1) is 0 Å².